The van der Waals surface area contributed by atoms with Crippen LogP contribution in [0, 0.1) is 20.8 Å². The Labute approximate surface area is 228 Å². The first-order valence-electron chi connectivity index (χ1n) is 12.9. The molecule has 7 nitrogen and oxygen atoms in total. The number of ketones is 1. The average molecular weight is 524 g/mol. The molecule has 7 heteroatoms. The number of anilines is 1. The summed E-state index contributed by atoms with van der Waals surface area (Å²) in [5.74, 6) is -0.936. The van der Waals surface area contributed by atoms with E-state index in [4.69, 9.17) is 9.72 Å². The zero-order chi connectivity index (χ0) is 28.2. The summed E-state index contributed by atoms with van der Waals surface area (Å²) < 4.78 is 5.45. The van der Waals surface area contributed by atoms with Crippen molar-refractivity contribution >= 4 is 34.4 Å². The second-order valence-corrected chi connectivity index (χ2v) is 11.2. The topological polar surface area (TPSA) is 95.5 Å². The van der Waals surface area contributed by atoms with Crippen molar-refractivity contribution < 1.29 is 19.4 Å². The van der Waals surface area contributed by atoms with Crippen LogP contribution in [0.25, 0.3) is 16.8 Å². The summed E-state index contributed by atoms with van der Waals surface area (Å²) in [5.41, 5.74) is 6.37. The van der Waals surface area contributed by atoms with Gasteiger partial charge in [-0.3, -0.25) is 14.5 Å². The lowest BCUT2D eigenvalue weighted by Crippen LogP contribution is -2.30. The van der Waals surface area contributed by atoms with Crippen LogP contribution >= 0.6 is 0 Å². The van der Waals surface area contributed by atoms with Gasteiger partial charge in [-0.05, 0) is 84.3 Å². The van der Waals surface area contributed by atoms with E-state index in [9.17, 15) is 14.7 Å². The summed E-state index contributed by atoms with van der Waals surface area (Å²) in [6.07, 6.45) is 0. The molecular weight excluding hydrogens is 490 g/mol. The minimum absolute atomic E-state index is 0.00947. The maximum absolute atomic E-state index is 13.7. The van der Waals surface area contributed by atoms with Gasteiger partial charge in [-0.2, -0.15) is 0 Å². The van der Waals surface area contributed by atoms with E-state index in [-0.39, 0.29) is 22.7 Å². The predicted molar refractivity (Wildman–Crippen MR) is 153 cm³/mol. The van der Waals surface area contributed by atoms with Crippen LogP contribution in [0.2, 0.25) is 0 Å². The molecule has 200 valence electrons. The Morgan fingerprint density at radius 2 is 1.69 bits per heavy atom. The smallest absolute Gasteiger partial charge is 0.302 e. The van der Waals surface area contributed by atoms with Crippen molar-refractivity contribution in [1.82, 2.24) is 9.97 Å². The Hall–Kier alpha value is -4.39. The molecule has 0 spiro atoms. The van der Waals surface area contributed by atoms with Crippen molar-refractivity contribution in [3.05, 3.63) is 93.6 Å². The van der Waals surface area contributed by atoms with Gasteiger partial charge in [0.15, 0.2) is 0 Å². The van der Waals surface area contributed by atoms with Gasteiger partial charge in [-0.1, -0.05) is 45.0 Å². The Balaban J connectivity index is 1.77. The number of carbonyl (C=O) groups excluding carboxylic acids is 2. The van der Waals surface area contributed by atoms with Gasteiger partial charge >= 0.3 is 5.91 Å². The number of hydrogen-bond donors (Lipinski definition) is 2. The number of hydrogen-bond acceptors (Lipinski definition) is 5. The highest BCUT2D eigenvalue weighted by Gasteiger charge is 2.48. The number of fused-ring (bicyclic) bond motifs is 1. The molecule has 0 radical (unpaired) electrons. The lowest BCUT2D eigenvalue weighted by Gasteiger charge is -2.24. The number of aliphatic hydroxyl groups is 1. The molecule has 1 saturated heterocycles. The fourth-order valence-corrected chi connectivity index (χ4v) is 5.04. The van der Waals surface area contributed by atoms with E-state index in [1.165, 1.54) is 4.90 Å². The standard InChI is InChI=1S/C32H33N3O4/c1-17-11-12-21(32(4,5)6)16-23(17)28(36)26-27(20-9-8-10-22(15-20)39-7)35(30(38)29(26)37)31-33-24-13-18(2)19(3)14-25(24)34-31/h8-16,27,36H,1-7H3,(H,33,34)/b28-26+. The largest absolute Gasteiger partial charge is 0.507 e. The fraction of sp³-hybridized carbons (Fsp3) is 0.281. The lowest BCUT2D eigenvalue weighted by atomic mass is 9.84. The van der Waals surface area contributed by atoms with Crippen molar-refractivity contribution in [2.24, 2.45) is 0 Å². The van der Waals surface area contributed by atoms with Crippen LogP contribution in [0.3, 0.4) is 0 Å². The number of aromatic nitrogens is 2. The average Bonchev–Trinajstić information content (AvgIpc) is 3.40. The normalized spacial score (nSPS) is 17.3. The first-order valence-corrected chi connectivity index (χ1v) is 12.9. The molecule has 4 aromatic rings. The van der Waals surface area contributed by atoms with E-state index in [1.807, 2.05) is 57.2 Å². The van der Waals surface area contributed by atoms with Gasteiger partial charge in [0.25, 0.3) is 5.78 Å². The lowest BCUT2D eigenvalue weighted by molar-refractivity contribution is -0.132. The number of nitrogens with zero attached hydrogens (tertiary/aromatic N) is 2. The van der Waals surface area contributed by atoms with Crippen LogP contribution in [0.4, 0.5) is 5.95 Å². The quantitative estimate of drug-likeness (QED) is 0.183. The molecule has 1 unspecified atom stereocenters. The zero-order valence-corrected chi connectivity index (χ0v) is 23.3. The number of methoxy groups -OCH3 is 1. The number of aromatic amines is 1. The number of ether oxygens (including phenoxy) is 1. The third kappa shape index (κ3) is 4.48. The summed E-state index contributed by atoms with van der Waals surface area (Å²) in [6, 6.07) is 16.0. The number of rotatable bonds is 4. The van der Waals surface area contributed by atoms with Crippen molar-refractivity contribution in [3.8, 4) is 5.75 Å². The van der Waals surface area contributed by atoms with Crippen molar-refractivity contribution in [3.63, 3.8) is 0 Å². The van der Waals surface area contributed by atoms with Crippen molar-refractivity contribution in [2.45, 2.75) is 53.0 Å². The summed E-state index contributed by atoms with van der Waals surface area (Å²) in [7, 11) is 1.56. The van der Waals surface area contributed by atoms with E-state index in [2.05, 4.69) is 25.8 Å². The molecule has 0 saturated carbocycles. The van der Waals surface area contributed by atoms with Crippen molar-refractivity contribution in [2.75, 3.05) is 12.0 Å². The maximum atomic E-state index is 13.7. The Bertz CT molecular complexity index is 1630. The molecule has 1 aromatic heterocycles. The van der Waals surface area contributed by atoms with Crippen LogP contribution in [0.5, 0.6) is 5.75 Å². The molecular formula is C32H33N3O4. The second-order valence-electron chi connectivity index (χ2n) is 11.2. The molecule has 2 heterocycles. The number of aryl methyl sites for hydroxylation is 3. The first kappa shape index (κ1) is 26.2. The SMILES string of the molecule is COc1cccc(C2/C(=C(\O)c3cc(C(C)(C)C)ccc3C)C(=O)C(=O)N2c2nc3cc(C)c(C)cc3[nH]2)c1. The molecule has 1 fully saturated rings. The summed E-state index contributed by atoms with van der Waals surface area (Å²) in [4.78, 5) is 36.6. The number of imidazole rings is 1. The van der Waals surface area contributed by atoms with E-state index >= 15 is 0 Å². The van der Waals surface area contributed by atoms with Gasteiger partial charge in [-0.25, -0.2) is 4.98 Å². The Kier molecular flexibility index (Phi) is 6.33. The molecule has 1 atom stereocenters. The van der Waals surface area contributed by atoms with E-state index < -0.39 is 17.7 Å². The van der Waals surface area contributed by atoms with E-state index in [1.54, 1.807) is 25.3 Å². The predicted octanol–water partition coefficient (Wildman–Crippen LogP) is 6.42. The molecule has 3 aromatic carbocycles. The number of benzene rings is 3. The molecule has 0 bridgehead atoms. The first-order chi connectivity index (χ1) is 18.4. The number of amides is 1. The van der Waals surface area contributed by atoms with Crippen LogP contribution in [-0.4, -0.2) is 33.9 Å². The van der Waals surface area contributed by atoms with Crippen LogP contribution in [-0.2, 0) is 15.0 Å². The zero-order valence-electron chi connectivity index (χ0n) is 23.3. The molecule has 1 aliphatic rings. The third-order valence-corrected chi connectivity index (χ3v) is 7.53. The van der Waals surface area contributed by atoms with Gasteiger partial charge in [0, 0.05) is 5.56 Å². The summed E-state index contributed by atoms with van der Waals surface area (Å²) in [6.45, 7) is 12.1. The van der Waals surface area contributed by atoms with Crippen LogP contribution in [0.15, 0.2) is 60.2 Å². The van der Waals surface area contributed by atoms with E-state index in [0.29, 0.717) is 22.4 Å². The molecule has 1 amide bonds. The molecule has 5 rings (SSSR count). The number of nitrogens with one attached hydrogen (secondary N) is 1. The molecule has 0 aliphatic carbocycles. The molecule has 2 N–H and O–H groups in total. The highest BCUT2D eigenvalue weighted by atomic mass is 16.5. The number of aliphatic hydroxyl groups excluding tert-OH is 1. The molecule has 1 aliphatic heterocycles. The van der Waals surface area contributed by atoms with Gasteiger partial charge in [0.2, 0.25) is 5.95 Å². The second kappa shape index (κ2) is 9.42. The van der Waals surface area contributed by atoms with E-state index in [0.717, 1.165) is 27.8 Å². The third-order valence-electron chi connectivity index (χ3n) is 7.53. The monoisotopic (exact) mass is 523 g/mol. The van der Waals surface area contributed by atoms with Gasteiger partial charge in [0.1, 0.15) is 11.5 Å². The molecule has 39 heavy (non-hydrogen) atoms. The van der Waals surface area contributed by atoms with Crippen LogP contribution in [0.1, 0.15) is 60.2 Å². The van der Waals surface area contributed by atoms with Gasteiger partial charge in [-0.15, -0.1) is 0 Å². The highest BCUT2D eigenvalue weighted by Crippen LogP contribution is 2.43. The highest BCUT2D eigenvalue weighted by molar-refractivity contribution is 6.51. The summed E-state index contributed by atoms with van der Waals surface area (Å²) >= 11 is 0. The number of carbonyl (C=O) groups is 2. The Morgan fingerprint density at radius 1 is 0.974 bits per heavy atom. The minimum atomic E-state index is -0.916. The van der Waals surface area contributed by atoms with Gasteiger partial charge < -0.3 is 14.8 Å². The maximum Gasteiger partial charge on any atom is 0.302 e. The summed E-state index contributed by atoms with van der Waals surface area (Å²) in [5, 5.41) is 11.7. The van der Waals surface area contributed by atoms with Gasteiger partial charge in [0.05, 0.1) is 29.8 Å². The van der Waals surface area contributed by atoms with Crippen molar-refractivity contribution in [1.29, 1.82) is 0 Å². The minimum Gasteiger partial charge on any atom is -0.507 e. The van der Waals surface area contributed by atoms with Crippen LogP contribution < -0.4 is 9.64 Å². The Morgan fingerprint density at radius 3 is 2.38 bits per heavy atom. The number of H-pyrrole nitrogens is 1. The number of Topliss-reactive ketones (excluding diaryl/α,β-unsaturated/α-hetero) is 1. The fourth-order valence-electron chi connectivity index (χ4n) is 5.04.